The van der Waals surface area contributed by atoms with Gasteiger partial charge in [-0.3, -0.25) is 9.69 Å². The zero-order chi connectivity index (χ0) is 23.3. The number of carbonyl (C=O) groups excluding carboxylic acids is 1. The highest BCUT2D eigenvalue weighted by Crippen LogP contribution is 2.23. The van der Waals surface area contributed by atoms with Crippen molar-refractivity contribution in [3.8, 4) is 6.07 Å². The molecule has 5 nitrogen and oxygen atoms in total. The molecule has 1 aliphatic rings. The summed E-state index contributed by atoms with van der Waals surface area (Å²) < 4.78 is 39.5. The van der Waals surface area contributed by atoms with Crippen molar-refractivity contribution in [2.45, 2.75) is 32.6 Å². The molecule has 1 heterocycles. The number of alkyl halides is 3. The largest absolute Gasteiger partial charge is 0.406 e. The molecule has 0 bridgehead atoms. The van der Waals surface area contributed by atoms with Crippen LogP contribution in [0.3, 0.4) is 0 Å². The Morgan fingerprint density at radius 1 is 1.03 bits per heavy atom. The van der Waals surface area contributed by atoms with Crippen molar-refractivity contribution in [3.05, 3.63) is 65.2 Å². The average molecular weight is 445 g/mol. The number of benzene rings is 2. The first kappa shape index (κ1) is 23.6. The zero-order valence-electron chi connectivity index (χ0n) is 18.3. The number of anilines is 1. The van der Waals surface area contributed by atoms with E-state index in [1.807, 2.05) is 6.07 Å². The molecule has 0 spiro atoms. The van der Waals surface area contributed by atoms with E-state index in [1.165, 1.54) is 12.1 Å². The maximum absolute atomic E-state index is 13.2. The Labute approximate surface area is 186 Å². The minimum absolute atomic E-state index is 0.192. The van der Waals surface area contributed by atoms with E-state index in [-0.39, 0.29) is 12.1 Å². The molecule has 0 saturated carbocycles. The summed E-state index contributed by atoms with van der Waals surface area (Å²) in [7, 11) is 0. The Balaban J connectivity index is 1.72. The van der Waals surface area contributed by atoms with E-state index in [1.54, 1.807) is 36.4 Å². The second-order valence-electron chi connectivity index (χ2n) is 8.25. The van der Waals surface area contributed by atoms with Crippen LogP contribution in [0.15, 0.2) is 48.5 Å². The molecule has 0 atom stereocenters. The fourth-order valence-corrected chi connectivity index (χ4v) is 3.81. The molecule has 8 heteroatoms. The number of hydrogen-bond acceptors (Lipinski definition) is 4. The topological polar surface area (TPSA) is 50.6 Å². The second-order valence-corrected chi connectivity index (χ2v) is 8.25. The molecule has 0 aliphatic carbocycles. The number of carbonyl (C=O) groups is 1. The van der Waals surface area contributed by atoms with Gasteiger partial charge in [0.15, 0.2) is 0 Å². The molecular weight excluding hydrogens is 417 g/mol. The zero-order valence-corrected chi connectivity index (χ0v) is 18.3. The monoisotopic (exact) mass is 444 g/mol. The molecule has 3 rings (SSSR count). The van der Waals surface area contributed by atoms with Crippen molar-refractivity contribution in [1.29, 1.82) is 5.26 Å². The molecule has 1 saturated heterocycles. The fourth-order valence-electron chi connectivity index (χ4n) is 3.81. The van der Waals surface area contributed by atoms with Gasteiger partial charge in [0.2, 0.25) is 0 Å². The van der Waals surface area contributed by atoms with Gasteiger partial charge < -0.3 is 9.80 Å². The smallest absolute Gasteiger partial charge is 0.369 e. The van der Waals surface area contributed by atoms with Gasteiger partial charge in [-0.15, -0.1) is 0 Å². The minimum Gasteiger partial charge on any atom is -0.369 e. The summed E-state index contributed by atoms with van der Waals surface area (Å²) in [5.74, 6) is -0.678. The number of nitrogens with zero attached hydrogens (tertiary/aromatic N) is 4. The molecule has 0 unspecified atom stereocenters. The molecule has 32 heavy (non-hydrogen) atoms. The van der Waals surface area contributed by atoms with Crippen molar-refractivity contribution >= 4 is 11.6 Å². The van der Waals surface area contributed by atoms with Crippen LogP contribution >= 0.6 is 0 Å². The van der Waals surface area contributed by atoms with Gasteiger partial charge in [0.1, 0.15) is 6.54 Å². The summed E-state index contributed by atoms with van der Waals surface area (Å²) in [6.45, 7) is 6.42. The van der Waals surface area contributed by atoms with Gasteiger partial charge >= 0.3 is 6.18 Å². The molecule has 0 radical (unpaired) electrons. The number of nitriles is 1. The highest BCUT2D eigenvalue weighted by atomic mass is 19.4. The van der Waals surface area contributed by atoms with Crippen molar-refractivity contribution in [1.82, 2.24) is 9.80 Å². The Kier molecular flexibility index (Phi) is 7.41. The normalized spacial score (nSPS) is 15.0. The SMILES string of the molecule is CC(C)N1CCN(c2ccc(C(=O)N(Cc3ccc(C#N)cc3)CC(F)(F)F)cc2)CC1. The van der Waals surface area contributed by atoms with Crippen LogP contribution in [-0.4, -0.2) is 60.6 Å². The first-order chi connectivity index (χ1) is 15.2. The van der Waals surface area contributed by atoms with Gasteiger partial charge in [0, 0.05) is 50.0 Å². The van der Waals surface area contributed by atoms with E-state index >= 15 is 0 Å². The van der Waals surface area contributed by atoms with E-state index in [4.69, 9.17) is 5.26 Å². The van der Waals surface area contributed by atoms with Gasteiger partial charge in [0.05, 0.1) is 11.6 Å². The van der Waals surface area contributed by atoms with Crippen LogP contribution in [0.1, 0.15) is 35.3 Å². The predicted molar refractivity (Wildman–Crippen MR) is 117 cm³/mol. The standard InChI is InChI=1S/C24H27F3N4O/c1-18(2)29-11-13-30(14-12-29)22-9-7-21(8-10-22)23(32)31(17-24(25,26)27)16-20-5-3-19(15-28)4-6-20/h3-10,18H,11-14,16-17H2,1-2H3. The molecule has 1 fully saturated rings. The van der Waals surface area contributed by atoms with E-state index in [0.29, 0.717) is 17.2 Å². The summed E-state index contributed by atoms with van der Waals surface area (Å²) in [6.07, 6.45) is -4.52. The summed E-state index contributed by atoms with van der Waals surface area (Å²) in [5.41, 5.74) is 2.11. The summed E-state index contributed by atoms with van der Waals surface area (Å²) in [6, 6.07) is 15.4. The van der Waals surface area contributed by atoms with Gasteiger partial charge in [-0.25, -0.2) is 0 Å². The van der Waals surface area contributed by atoms with Crippen LogP contribution in [0.2, 0.25) is 0 Å². The van der Waals surface area contributed by atoms with Crippen LogP contribution in [0, 0.1) is 11.3 Å². The maximum Gasteiger partial charge on any atom is 0.406 e. The molecule has 0 N–H and O–H groups in total. The minimum atomic E-state index is -4.52. The van der Waals surface area contributed by atoms with Crippen molar-refractivity contribution < 1.29 is 18.0 Å². The molecule has 170 valence electrons. The lowest BCUT2D eigenvalue weighted by Gasteiger charge is -2.38. The lowest BCUT2D eigenvalue weighted by molar-refractivity contribution is -0.141. The van der Waals surface area contributed by atoms with E-state index in [2.05, 4.69) is 23.6 Å². The van der Waals surface area contributed by atoms with Crippen LogP contribution in [0.25, 0.3) is 0 Å². The average Bonchev–Trinajstić information content (AvgIpc) is 2.78. The summed E-state index contributed by atoms with van der Waals surface area (Å²) >= 11 is 0. The summed E-state index contributed by atoms with van der Waals surface area (Å²) in [4.78, 5) is 18.3. The van der Waals surface area contributed by atoms with Gasteiger partial charge in [0.25, 0.3) is 5.91 Å². The molecular formula is C24H27F3N4O. The highest BCUT2D eigenvalue weighted by Gasteiger charge is 2.33. The quantitative estimate of drug-likeness (QED) is 0.667. The number of piperazine rings is 1. The number of halogens is 3. The predicted octanol–water partition coefficient (Wildman–Crippen LogP) is 4.29. The molecule has 0 aromatic heterocycles. The summed E-state index contributed by atoms with van der Waals surface area (Å²) in [5, 5.41) is 8.88. The number of rotatable bonds is 6. The first-order valence-electron chi connectivity index (χ1n) is 10.6. The van der Waals surface area contributed by atoms with Crippen molar-refractivity contribution in [2.24, 2.45) is 0 Å². The molecule has 1 aliphatic heterocycles. The third-order valence-electron chi connectivity index (χ3n) is 5.64. The Bertz CT molecular complexity index is 941. The third-order valence-corrected chi connectivity index (χ3v) is 5.64. The van der Waals surface area contributed by atoms with Crippen LogP contribution < -0.4 is 4.90 Å². The van der Waals surface area contributed by atoms with Gasteiger partial charge in [-0.1, -0.05) is 12.1 Å². The first-order valence-corrected chi connectivity index (χ1v) is 10.6. The van der Waals surface area contributed by atoms with E-state index in [9.17, 15) is 18.0 Å². The Morgan fingerprint density at radius 3 is 2.12 bits per heavy atom. The van der Waals surface area contributed by atoms with E-state index < -0.39 is 18.6 Å². The fraction of sp³-hybridized carbons (Fsp3) is 0.417. The van der Waals surface area contributed by atoms with Gasteiger partial charge in [-0.2, -0.15) is 18.4 Å². The van der Waals surface area contributed by atoms with Crippen molar-refractivity contribution in [2.75, 3.05) is 37.6 Å². The molecule has 1 amide bonds. The maximum atomic E-state index is 13.2. The number of hydrogen-bond donors (Lipinski definition) is 0. The van der Waals surface area contributed by atoms with Crippen LogP contribution in [-0.2, 0) is 6.54 Å². The van der Waals surface area contributed by atoms with Gasteiger partial charge in [-0.05, 0) is 55.8 Å². The van der Waals surface area contributed by atoms with Crippen molar-refractivity contribution in [3.63, 3.8) is 0 Å². The lowest BCUT2D eigenvalue weighted by atomic mass is 10.1. The highest BCUT2D eigenvalue weighted by molar-refractivity contribution is 5.94. The molecule has 2 aromatic rings. The number of amides is 1. The second kappa shape index (κ2) is 10.0. The lowest BCUT2D eigenvalue weighted by Crippen LogP contribution is -2.48. The van der Waals surface area contributed by atoms with E-state index in [0.717, 1.165) is 36.8 Å². The molecule has 2 aromatic carbocycles. The van der Waals surface area contributed by atoms with Crippen LogP contribution in [0.4, 0.5) is 18.9 Å². The Morgan fingerprint density at radius 2 is 1.62 bits per heavy atom. The Hall–Kier alpha value is -3.05. The third kappa shape index (κ3) is 6.24. The van der Waals surface area contributed by atoms with Crippen LogP contribution in [0.5, 0.6) is 0 Å².